The zero-order chi connectivity index (χ0) is 9.68. The summed E-state index contributed by atoms with van der Waals surface area (Å²) >= 11 is 0. The Hall–Kier alpha value is -1.58. The second-order valence-electron chi connectivity index (χ2n) is 2.61. The lowest BCUT2D eigenvalue weighted by atomic mass is 10.3. The molecule has 1 rings (SSSR count). The number of pyridine rings is 1. The van der Waals surface area contributed by atoms with E-state index in [2.05, 4.69) is 4.98 Å². The van der Waals surface area contributed by atoms with Crippen LogP contribution in [0.15, 0.2) is 18.3 Å². The molecule has 0 aliphatic rings. The molecular weight excluding hydrogens is 168 g/mol. The van der Waals surface area contributed by atoms with Gasteiger partial charge in [0.05, 0.1) is 12.2 Å². The van der Waals surface area contributed by atoms with Gasteiger partial charge >= 0.3 is 5.97 Å². The van der Waals surface area contributed by atoms with Crippen LogP contribution in [0.3, 0.4) is 0 Å². The van der Waals surface area contributed by atoms with Gasteiger partial charge in [0.2, 0.25) is 0 Å². The highest BCUT2D eigenvalue weighted by molar-refractivity contribution is 5.89. The monoisotopic (exact) mass is 180 g/mol. The third-order valence-electron chi connectivity index (χ3n) is 1.46. The van der Waals surface area contributed by atoms with E-state index in [1.165, 1.54) is 6.20 Å². The maximum Gasteiger partial charge on any atom is 0.339 e. The summed E-state index contributed by atoms with van der Waals surface area (Å²) in [6.07, 6.45) is 2.22. The molecule has 0 saturated heterocycles. The lowest BCUT2D eigenvalue weighted by Crippen LogP contribution is -2.06. The van der Waals surface area contributed by atoms with E-state index in [4.69, 9.17) is 10.5 Å². The van der Waals surface area contributed by atoms with E-state index < -0.39 is 0 Å². The predicted octanol–water partition coefficient (Wildman–Crippen LogP) is 1.23. The molecule has 0 radical (unpaired) electrons. The minimum absolute atomic E-state index is 0.352. The molecule has 0 amide bonds. The molecule has 0 saturated carbocycles. The molecule has 70 valence electrons. The van der Waals surface area contributed by atoms with Crippen LogP contribution in [0.5, 0.6) is 0 Å². The molecular formula is C9H12N2O2. The van der Waals surface area contributed by atoms with Gasteiger partial charge in [-0.05, 0) is 18.6 Å². The minimum atomic E-state index is -0.352. The van der Waals surface area contributed by atoms with E-state index >= 15 is 0 Å². The lowest BCUT2D eigenvalue weighted by Gasteiger charge is -2.01. The Morgan fingerprint density at radius 1 is 1.62 bits per heavy atom. The third-order valence-corrected chi connectivity index (χ3v) is 1.46. The van der Waals surface area contributed by atoms with Crippen LogP contribution in [-0.4, -0.2) is 17.6 Å². The summed E-state index contributed by atoms with van der Waals surface area (Å²) in [5, 5.41) is 0. The summed E-state index contributed by atoms with van der Waals surface area (Å²) in [6.45, 7) is 2.37. The molecule has 0 aliphatic carbocycles. The average Bonchev–Trinajstić information content (AvgIpc) is 2.15. The summed E-state index contributed by atoms with van der Waals surface area (Å²) in [7, 11) is 0. The molecule has 0 spiro atoms. The largest absolute Gasteiger partial charge is 0.462 e. The van der Waals surface area contributed by atoms with Gasteiger partial charge in [-0.15, -0.1) is 0 Å². The molecule has 0 fully saturated rings. The van der Waals surface area contributed by atoms with Gasteiger partial charge in [0, 0.05) is 6.20 Å². The van der Waals surface area contributed by atoms with Gasteiger partial charge in [-0.3, -0.25) is 0 Å². The Bertz CT molecular complexity index is 282. The van der Waals surface area contributed by atoms with Crippen molar-refractivity contribution in [2.45, 2.75) is 13.3 Å². The maximum atomic E-state index is 11.2. The molecule has 4 heteroatoms. The highest BCUT2D eigenvalue weighted by Gasteiger charge is 2.05. The summed E-state index contributed by atoms with van der Waals surface area (Å²) in [5.41, 5.74) is 5.80. The van der Waals surface area contributed by atoms with Crippen molar-refractivity contribution < 1.29 is 9.53 Å². The molecule has 4 nitrogen and oxygen atoms in total. The van der Waals surface area contributed by atoms with Gasteiger partial charge in [-0.1, -0.05) is 6.92 Å². The van der Waals surface area contributed by atoms with E-state index in [-0.39, 0.29) is 5.97 Å². The van der Waals surface area contributed by atoms with Gasteiger partial charge in [0.25, 0.3) is 0 Å². The summed E-state index contributed by atoms with van der Waals surface area (Å²) in [5.74, 6) is 0.0430. The Labute approximate surface area is 76.7 Å². The number of nitrogen functional groups attached to an aromatic ring is 1. The number of aromatic nitrogens is 1. The van der Waals surface area contributed by atoms with Crippen LogP contribution in [0.2, 0.25) is 0 Å². The molecule has 0 aromatic carbocycles. The molecule has 13 heavy (non-hydrogen) atoms. The fourth-order valence-corrected chi connectivity index (χ4v) is 0.804. The second kappa shape index (κ2) is 4.45. The van der Waals surface area contributed by atoms with Crippen molar-refractivity contribution >= 4 is 11.8 Å². The van der Waals surface area contributed by atoms with E-state index in [0.29, 0.717) is 18.0 Å². The second-order valence-corrected chi connectivity index (χ2v) is 2.61. The van der Waals surface area contributed by atoms with Gasteiger partial charge in [-0.25, -0.2) is 9.78 Å². The Morgan fingerprint density at radius 2 is 2.38 bits per heavy atom. The van der Waals surface area contributed by atoms with Gasteiger partial charge in [0.15, 0.2) is 0 Å². The summed E-state index contributed by atoms with van der Waals surface area (Å²) < 4.78 is 4.90. The molecule has 2 N–H and O–H groups in total. The van der Waals surface area contributed by atoms with Crippen LogP contribution in [0, 0.1) is 0 Å². The Kier molecular flexibility index (Phi) is 3.25. The lowest BCUT2D eigenvalue weighted by molar-refractivity contribution is 0.0504. The van der Waals surface area contributed by atoms with Crippen LogP contribution < -0.4 is 5.73 Å². The first-order chi connectivity index (χ1) is 6.24. The Morgan fingerprint density at radius 3 is 2.92 bits per heavy atom. The fourth-order valence-electron chi connectivity index (χ4n) is 0.804. The van der Waals surface area contributed by atoms with Crippen LogP contribution >= 0.6 is 0 Å². The number of nitrogens with zero attached hydrogens (tertiary/aromatic N) is 1. The average molecular weight is 180 g/mol. The number of hydrogen-bond donors (Lipinski definition) is 1. The molecule has 0 unspecified atom stereocenters. The van der Waals surface area contributed by atoms with Crippen molar-refractivity contribution in [3.05, 3.63) is 23.9 Å². The molecule has 1 aromatic heterocycles. The number of hydrogen-bond acceptors (Lipinski definition) is 4. The zero-order valence-electron chi connectivity index (χ0n) is 7.49. The summed E-state index contributed by atoms with van der Waals surface area (Å²) in [6, 6.07) is 3.17. The first-order valence-electron chi connectivity index (χ1n) is 4.12. The van der Waals surface area contributed by atoms with E-state index in [1.54, 1.807) is 12.1 Å². The van der Waals surface area contributed by atoms with Gasteiger partial charge in [0.1, 0.15) is 5.82 Å². The number of carbonyl (C=O) groups is 1. The molecule has 1 heterocycles. The van der Waals surface area contributed by atoms with Crippen molar-refractivity contribution in [2.75, 3.05) is 12.3 Å². The van der Waals surface area contributed by atoms with Crippen molar-refractivity contribution in [3.63, 3.8) is 0 Å². The first kappa shape index (κ1) is 9.51. The highest BCUT2D eigenvalue weighted by atomic mass is 16.5. The van der Waals surface area contributed by atoms with E-state index in [1.807, 2.05) is 6.92 Å². The zero-order valence-corrected chi connectivity index (χ0v) is 7.49. The standard InChI is InChI=1S/C9H12N2O2/c1-2-5-13-9(12)7-3-4-8(10)11-6-7/h3-4,6H,2,5H2,1H3,(H2,10,11). The van der Waals surface area contributed by atoms with Gasteiger partial charge in [-0.2, -0.15) is 0 Å². The molecule has 0 aliphatic heterocycles. The number of esters is 1. The topological polar surface area (TPSA) is 65.2 Å². The highest BCUT2D eigenvalue weighted by Crippen LogP contribution is 2.03. The normalized spacial score (nSPS) is 9.62. The number of ether oxygens (including phenoxy) is 1. The van der Waals surface area contributed by atoms with Gasteiger partial charge < -0.3 is 10.5 Å². The summed E-state index contributed by atoms with van der Waals surface area (Å²) in [4.78, 5) is 15.0. The first-order valence-corrected chi connectivity index (χ1v) is 4.12. The van der Waals surface area contributed by atoms with E-state index in [0.717, 1.165) is 6.42 Å². The third kappa shape index (κ3) is 2.74. The molecule has 1 aromatic rings. The predicted molar refractivity (Wildman–Crippen MR) is 49.2 cm³/mol. The molecule has 0 atom stereocenters. The van der Waals surface area contributed by atoms with Crippen molar-refractivity contribution in [3.8, 4) is 0 Å². The Balaban J connectivity index is 2.61. The van der Waals surface area contributed by atoms with E-state index in [9.17, 15) is 4.79 Å². The minimum Gasteiger partial charge on any atom is -0.462 e. The van der Waals surface area contributed by atoms with Crippen molar-refractivity contribution in [1.82, 2.24) is 4.98 Å². The van der Waals surface area contributed by atoms with Crippen LogP contribution in [0.25, 0.3) is 0 Å². The van der Waals surface area contributed by atoms with Crippen molar-refractivity contribution in [2.24, 2.45) is 0 Å². The maximum absolute atomic E-state index is 11.2. The van der Waals surface area contributed by atoms with Crippen LogP contribution in [0.4, 0.5) is 5.82 Å². The van der Waals surface area contributed by atoms with Crippen molar-refractivity contribution in [1.29, 1.82) is 0 Å². The number of carbonyl (C=O) groups excluding carboxylic acids is 1. The number of nitrogens with two attached hydrogens (primary N) is 1. The van der Waals surface area contributed by atoms with Crippen LogP contribution in [0.1, 0.15) is 23.7 Å². The quantitative estimate of drug-likeness (QED) is 0.710. The SMILES string of the molecule is CCCOC(=O)c1ccc(N)nc1. The molecule has 0 bridgehead atoms. The number of rotatable bonds is 3. The smallest absolute Gasteiger partial charge is 0.339 e. The van der Waals surface area contributed by atoms with Crippen LogP contribution in [-0.2, 0) is 4.74 Å². The fraction of sp³-hybridized carbons (Fsp3) is 0.333. The number of anilines is 1.